The minimum atomic E-state index is -0.482. The van der Waals surface area contributed by atoms with E-state index in [-0.39, 0.29) is 12.3 Å². The molecule has 0 atom stereocenters. The number of non-ortho nitro benzene ring substituents is 1. The highest BCUT2D eigenvalue weighted by atomic mass is 79.9. The number of nitriles is 1. The van der Waals surface area contributed by atoms with E-state index in [1.807, 2.05) is 6.07 Å². The molecular weight excluding hydrogens is 404 g/mol. The van der Waals surface area contributed by atoms with Crippen LogP contribution in [0.5, 0.6) is 5.75 Å². The van der Waals surface area contributed by atoms with Gasteiger partial charge in [-0.15, -0.1) is 0 Å². The van der Waals surface area contributed by atoms with Crippen LogP contribution in [0.15, 0.2) is 45.3 Å². The van der Waals surface area contributed by atoms with Gasteiger partial charge in [0.2, 0.25) is 0 Å². The van der Waals surface area contributed by atoms with Crippen LogP contribution in [0.1, 0.15) is 11.1 Å². The van der Waals surface area contributed by atoms with E-state index in [0.29, 0.717) is 20.3 Å². The summed E-state index contributed by atoms with van der Waals surface area (Å²) in [5, 5.41) is 19.8. The van der Waals surface area contributed by atoms with Crippen LogP contribution in [0.2, 0.25) is 0 Å². The summed E-state index contributed by atoms with van der Waals surface area (Å²) in [7, 11) is 0. The van der Waals surface area contributed by atoms with E-state index in [2.05, 4.69) is 37.9 Å². The van der Waals surface area contributed by atoms with Gasteiger partial charge in [-0.1, -0.05) is 18.2 Å². The van der Waals surface area contributed by atoms with E-state index in [9.17, 15) is 10.1 Å². The van der Waals surface area contributed by atoms with Crippen molar-refractivity contribution in [1.29, 1.82) is 5.26 Å². The molecule has 0 radical (unpaired) electrons. The molecule has 0 aliphatic carbocycles. The average molecular weight is 412 g/mol. The summed E-state index contributed by atoms with van der Waals surface area (Å²) in [6, 6.07) is 11.9. The molecular formula is C14H8Br2N2O3. The summed E-state index contributed by atoms with van der Waals surface area (Å²) in [6.07, 6.45) is 0. The number of hydrogen-bond donors (Lipinski definition) is 0. The number of nitro groups is 1. The van der Waals surface area contributed by atoms with Crippen molar-refractivity contribution < 1.29 is 9.66 Å². The summed E-state index contributed by atoms with van der Waals surface area (Å²) >= 11 is 6.50. The van der Waals surface area contributed by atoms with Gasteiger partial charge >= 0.3 is 0 Å². The van der Waals surface area contributed by atoms with Gasteiger partial charge in [-0.05, 0) is 37.9 Å². The van der Waals surface area contributed by atoms with E-state index in [1.54, 1.807) is 18.2 Å². The third-order valence-electron chi connectivity index (χ3n) is 2.70. The number of nitro benzene ring substituents is 1. The number of hydrogen-bond acceptors (Lipinski definition) is 4. The van der Waals surface area contributed by atoms with Crippen molar-refractivity contribution in [3.05, 3.63) is 66.6 Å². The van der Waals surface area contributed by atoms with Gasteiger partial charge < -0.3 is 4.74 Å². The minimum absolute atomic E-state index is 0.0430. The quantitative estimate of drug-likeness (QED) is 0.545. The Balaban J connectivity index is 2.25. The fourth-order valence-corrected chi connectivity index (χ4v) is 3.09. The van der Waals surface area contributed by atoms with Crippen LogP contribution in [0.25, 0.3) is 0 Å². The van der Waals surface area contributed by atoms with Crippen LogP contribution in [0, 0.1) is 21.4 Å². The maximum absolute atomic E-state index is 10.8. The Bertz CT molecular complexity index is 718. The zero-order chi connectivity index (χ0) is 15.4. The molecule has 0 unspecified atom stereocenters. The van der Waals surface area contributed by atoms with E-state index in [1.165, 1.54) is 12.1 Å². The van der Waals surface area contributed by atoms with Gasteiger partial charge in [-0.25, -0.2) is 0 Å². The second-order valence-electron chi connectivity index (χ2n) is 4.05. The average Bonchev–Trinajstić information content (AvgIpc) is 2.46. The van der Waals surface area contributed by atoms with Crippen molar-refractivity contribution in [3.63, 3.8) is 0 Å². The molecule has 0 aliphatic rings. The predicted octanol–water partition coefficient (Wildman–Crippen LogP) is 4.57. The van der Waals surface area contributed by atoms with Crippen LogP contribution >= 0.6 is 31.9 Å². The van der Waals surface area contributed by atoms with Crippen LogP contribution in [0.3, 0.4) is 0 Å². The number of nitrogens with zero attached hydrogens (tertiary/aromatic N) is 2. The first kappa shape index (κ1) is 15.5. The molecule has 0 aromatic heterocycles. The van der Waals surface area contributed by atoms with E-state index >= 15 is 0 Å². The van der Waals surface area contributed by atoms with Gasteiger partial charge in [0.1, 0.15) is 12.4 Å². The molecule has 0 amide bonds. The Morgan fingerprint density at radius 1 is 1.24 bits per heavy atom. The Hall–Kier alpha value is -1.91. The fraction of sp³-hybridized carbons (Fsp3) is 0.0714. The summed E-state index contributed by atoms with van der Waals surface area (Å²) in [5.74, 6) is 0.452. The molecule has 0 N–H and O–H groups in total. The topological polar surface area (TPSA) is 76.2 Å². The molecule has 0 saturated heterocycles. The lowest BCUT2D eigenvalue weighted by Gasteiger charge is -2.11. The van der Waals surface area contributed by atoms with Gasteiger partial charge in [0, 0.05) is 17.7 Å². The molecule has 5 nitrogen and oxygen atoms in total. The second-order valence-corrected chi connectivity index (χ2v) is 5.76. The molecule has 106 valence electrons. The molecule has 21 heavy (non-hydrogen) atoms. The molecule has 7 heteroatoms. The van der Waals surface area contributed by atoms with Gasteiger partial charge in [0.15, 0.2) is 0 Å². The van der Waals surface area contributed by atoms with Crippen molar-refractivity contribution >= 4 is 37.5 Å². The molecule has 0 heterocycles. The third kappa shape index (κ3) is 3.60. The van der Waals surface area contributed by atoms with Gasteiger partial charge in [0.25, 0.3) is 5.69 Å². The Labute approximate surface area is 137 Å². The highest BCUT2D eigenvalue weighted by molar-refractivity contribution is 9.11. The van der Waals surface area contributed by atoms with Crippen LogP contribution < -0.4 is 4.74 Å². The molecule has 2 aromatic rings. The molecule has 0 bridgehead atoms. The highest BCUT2D eigenvalue weighted by Gasteiger charge is 2.15. The largest absolute Gasteiger partial charge is 0.486 e. The number of rotatable bonds is 4. The minimum Gasteiger partial charge on any atom is -0.486 e. The summed E-state index contributed by atoms with van der Waals surface area (Å²) in [6.45, 7) is 0.193. The highest BCUT2D eigenvalue weighted by Crippen LogP contribution is 2.37. The molecule has 0 saturated carbocycles. The molecule has 0 fully saturated rings. The summed E-state index contributed by atoms with van der Waals surface area (Å²) < 4.78 is 6.60. The van der Waals surface area contributed by atoms with Crippen molar-refractivity contribution in [1.82, 2.24) is 0 Å². The fourth-order valence-electron chi connectivity index (χ4n) is 1.69. The van der Waals surface area contributed by atoms with Gasteiger partial charge in [-0.3, -0.25) is 10.1 Å². The van der Waals surface area contributed by atoms with E-state index < -0.39 is 4.92 Å². The molecule has 0 aliphatic heterocycles. The monoisotopic (exact) mass is 410 g/mol. The van der Waals surface area contributed by atoms with Gasteiger partial charge in [-0.2, -0.15) is 5.26 Å². The van der Waals surface area contributed by atoms with Crippen LogP contribution in [-0.2, 0) is 6.61 Å². The standard InChI is InChI=1S/C14H8Br2N2O3/c15-12-5-11(18(19)20)6-13(16)14(12)21-8-10-4-2-1-3-9(10)7-17/h1-6H,8H2. The van der Waals surface area contributed by atoms with Crippen molar-refractivity contribution in [2.24, 2.45) is 0 Å². The lowest BCUT2D eigenvalue weighted by molar-refractivity contribution is -0.385. The number of benzene rings is 2. The Kier molecular flexibility index (Phi) is 4.94. The van der Waals surface area contributed by atoms with Crippen LogP contribution in [-0.4, -0.2) is 4.92 Å². The molecule has 2 rings (SSSR count). The predicted molar refractivity (Wildman–Crippen MR) is 84.0 cm³/mol. The SMILES string of the molecule is N#Cc1ccccc1COc1c(Br)cc([N+](=O)[O-])cc1Br. The zero-order valence-electron chi connectivity index (χ0n) is 10.5. The first-order valence-corrected chi connectivity index (χ1v) is 7.35. The Morgan fingerprint density at radius 2 is 1.86 bits per heavy atom. The van der Waals surface area contributed by atoms with Gasteiger partial charge in [0.05, 0.1) is 25.5 Å². The summed E-state index contributed by atoms with van der Waals surface area (Å²) in [4.78, 5) is 10.3. The van der Waals surface area contributed by atoms with Crippen molar-refractivity contribution in [3.8, 4) is 11.8 Å². The first-order valence-electron chi connectivity index (χ1n) is 5.77. The van der Waals surface area contributed by atoms with Crippen molar-refractivity contribution in [2.45, 2.75) is 6.61 Å². The lowest BCUT2D eigenvalue weighted by Crippen LogP contribution is -2.00. The van der Waals surface area contributed by atoms with E-state index in [4.69, 9.17) is 10.00 Å². The van der Waals surface area contributed by atoms with Crippen molar-refractivity contribution in [2.75, 3.05) is 0 Å². The first-order chi connectivity index (χ1) is 10.0. The lowest BCUT2D eigenvalue weighted by atomic mass is 10.1. The molecule has 2 aromatic carbocycles. The van der Waals surface area contributed by atoms with E-state index in [0.717, 1.165) is 5.56 Å². The maximum Gasteiger partial charge on any atom is 0.271 e. The number of ether oxygens (including phenoxy) is 1. The van der Waals surface area contributed by atoms with Crippen LogP contribution in [0.4, 0.5) is 5.69 Å². The smallest absolute Gasteiger partial charge is 0.271 e. The third-order valence-corrected chi connectivity index (χ3v) is 3.88. The summed E-state index contributed by atoms with van der Waals surface area (Å²) in [5.41, 5.74) is 1.24. The Morgan fingerprint density at radius 3 is 2.43 bits per heavy atom. The maximum atomic E-state index is 10.8. The number of halogens is 2. The second kappa shape index (κ2) is 6.70. The normalized spacial score (nSPS) is 9.95. The zero-order valence-corrected chi connectivity index (χ0v) is 13.7. The molecule has 0 spiro atoms.